The number of pyridine rings is 2. The monoisotopic (exact) mass is 768 g/mol. The molecule has 0 saturated carbocycles. The number of piperidine rings is 2. The van der Waals surface area contributed by atoms with E-state index < -0.39 is 46.5 Å². The molecular formula is C38H61LiN6O10. The molecule has 4 heterocycles. The first kappa shape index (κ1) is 51.2. The maximum Gasteiger partial charge on any atom is 1.00 e. The Labute approximate surface area is 337 Å². The quantitative estimate of drug-likeness (QED) is 0.160. The van der Waals surface area contributed by atoms with Crippen molar-refractivity contribution >= 4 is 35.8 Å². The van der Waals surface area contributed by atoms with Crippen LogP contribution in [0.3, 0.4) is 0 Å². The van der Waals surface area contributed by atoms with Crippen LogP contribution in [0.1, 0.15) is 100 Å². The number of carbonyl (C=O) groups is 4. The number of ether oxygens (including phenoxy) is 3. The summed E-state index contributed by atoms with van der Waals surface area (Å²) in [7, 11) is 0. The van der Waals surface area contributed by atoms with Crippen molar-refractivity contribution in [3.63, 3.8) is 0 Å². The van der Waals surface area contributed by atoms with Gasteiger partial charge in [0.1, 0.15) is 28.4 Å². The Morgan fingerprint density at radius 1 is 0.745 bits per heavy atom. The number of amides is 2. The number of hydrogen-bond donors (Lipinski definition) is 4. The summed E-state index contributed by atoms with van der Waals surface area (Å²) in [6.45, 7) is 15.9. The van der Waals surface area contributed by atoms with Crippen LogP contribution < -0.4 is 34.6 Å². The molecule has 0 unspecified atom stereocenters. The van der Waals surface area contributed by atoms with Crippen LogP contribution in [0.25, 0.3) is 0 Å². The van der Waals surface area contributed by atoms with E-state index in [-0.39, 0.29) is 53.2 Å². The van der Waals surface area contributed by atoms with E-state index in [1.54, 1.807) is 73.0 Å². The van der Waals surface area contributed by atoms with Crippen molar-refractivity contribution in [3.05, 3.63) is 47.8 Å². The molecule has 2 amide bonds. The number of likely N-dealkylation sites (tertiary alicyclic amines) is 2. The van der Waals surface area contributed by atoms with E-state index in [0.29, 0.717) is 63.7 Å². The SMILES string of the molecule is C.C.CC(C)(C)OC(=O)Nc1cc(CN2CCC(O)(C(=O)[O-])CC2)ccn1.CCOC(=O)C1(O)CCN(Cc2ccnc(NC(=O)OC(C)(C)C)c2)CC1.[Li+]. The molecule has 0 radical (unpaired) electrons. The van der Waals surface area contributed by atoms with Gasteiger partial charge in [0, 0.05) is 51.7 Å². The number of aromatic nitrogens is 2. The van der Waals surface area contributed by atoms with E-state index in [0.717, 1.165) is 11.1 Å². The first-order valence-electron chi connectivity index (χ1n) is 17.4. The van der Waals surface area contributed by atoms with E-state index in [1.807, 2.05) is 17.0 Å². The molecule has 0 aliphatic carbocycles. The molecule has 2 aromatic rings. The molecular weight excluding hydrogens is 707 g/mol. The number of aliphatic hydroxyl groups is 2. The van der Waals surface area contributed by atoms with Gasteiger partial charge in [-0.25, -0.2) is 24.4 Å². The van der Waals surface area contributed by atoms with Gasteiger partial charge in [0.25, 0.3) is 0 Å². The van der Waals surface area contributed by atoms with Crippen molar-refractivity contribution in [2.45, 2.75) is 124 Å². The number of carboxylic acids is 1. The van der Waals surface area contributed by atoms with Crippen LogP contribution in [0.2, 0.25) is 0 Å². The van der Waals surface area contributed by atoms with Gasteiger partial charge in [0.15, 0.2) is 5.60 Å². The second-order valence-electron chi connectivity index (χ2n) is 15.0. The molecule has 16 nitrogen and oxygen atoms in total. The second kappa shape index (κ2) is 22.1. The van der Waals surface area contributed by atoms with E-state index in [9.17, 15) is 34.5 Å². The van der Waals surface area contributed by atoms with Gasteiger partial charge in [-0.2, -0.15) is 0 Å². The fourth-order valence-corrected chi connectivity index (χ4v) is 5.45. The number of rotatable bonds is 9. The summed E-state index contributed by atoms with van der Waals surface area (Å²) in [5, 5.41) is 36.5. The average Bonchev–Trinajstić information content (AvgIpc) is 3.02. The third kappa shape index (κ3) is 17.7. The minimum absolute atomic E-state index is 0. The van der Waals surface area contributed by atoms with Gasteiger partial charge < -0.3 is 34.3 Å². The van der Waals surface area contributed by atoms with Crippen molar-refractivity contribution in [2.24, 2.45) is 0 Å². The summed E-state index contributed by atoms with van der Waals surface area (Å²) in [5.74, 6) is -1.16. The number of aliphatic carboxylic acids is 1. The number of nitrogens with one attached hydrogen (secondary N) is 2. The predicted molar refractivity (Wildman–Crippen MR) is 202 cm³/mol. The minimum Gasteiger partial charge on any atom is -0.547 e. The first-order chi connectivity index (χ1) is 24.2. The fraction of sp³-hybridized carbons (Fsp3) is 0.632. The normalized spacial score (nSPS) is 16.5. The van der Waals surface area contributed by atoms with Crippen molar-refractivity contribution in [1.82, 2.24) is 19.8 Å². The van der Waals surface area contributed by atoms with Gasteiger partial charge in [-0.3, -0.25) is 20.4 Å². The maximum atomic E-state index is 11.9. The largest absolute Gasteiger partial charge is 1.00 e. The number of carboxylic acid groups (broad SMARTS) is 1. The molecule has 2 fully saturated rings. The van der Waals surface area contributed by atoms with Gasteiger partial charge in [-0.1, -0.05) is 14.9 Å². The number of esters is 1. The molecule has 0 atom stereocenters. The number of carbonyl (C=O) groups excluding carboxylic acids is 4. The molecule has 0 aromatic carbocycles. The standard InChI is InChI=1S/C19H29N3O5.C17H25N3O5.2CH4.Li/c1-5-26-16(23)19(25)7-10-22(11-8-19)13-14-6-9-20-15(12-14)21-17(24)27-18(2,3)4;1-16(2,3)25-15(23)19-13-10-12(4-7-18-13)11-20-8-5-17(24,6-9-20)14(21)22;;;/h6,9,12,25H,5,7-8,10-11,13H2,1-4H3,(H,20,21,24);4,7,10,24H,5-6,8-9,11H2,1-3H3,(H,21,22)(H,18,19,23);2*1H4;/q;;;;+1/p-1. The molecule has 55 heavy (non-hydrogen) atoms. The van der Waals surface area contributed by atoms with Gasteiger partial charge >= 0.3 is 37.0 Å². The topological polar surface area (TPSA) is 216 Å². The van der Waals surface area contributed by atoms with Crippen LogP contribution in [-0.4, -0.2) is 109 Å². The van der Waals surface area contributed by atoms with E-state index in [1.165, 1.54) is 0 Å². The second-order valence-corrected chi connectivity index (χ2v) is 15.0. The molecule has 17 heteroatoms. The van der Waals surface area contributed by atoms with Gasteiger partial charge in [-0.05, 0) is 110 Å². The zero-order chi connectivity index (χ0) is 38.7. The van der Waals surface area contributed by atoms with Crippen molar-refractivity contribution in [3.8, 4) is 0 Å². The summed E-state index contributed by atoms with van der Waals surface area (Å²) in [4.78, 5) is 58.9. The van der Waals surface area contributed by atoms with Crippen LogP contribution in [0.4, 0.5) is 21.2 Å². The Kier molecular flexibility index (Phi) is 20.6. The molecule has 304 valence electrons. The molecule has 0 spiro atoms. The minimum atomic E-state index is -1.74. The van der Waals surface area contributed by atoms with Crippen LogP contribution in [0.15, 0.2) is 36.7 Å². The summed E-state index contributed by atoms with van der Waals surface area (Å²) in [6.07, 6.45) is 3.01. The Morgan fingerprint density at radius 3 is 1.44 bits per heavy atom. The van der Waals surface area contributed by atoms with Crippen molar-refractivity contribution in [1.29, 1.82) is 0 Å². The van der Waals surface area contributed by atoms with Crippen LogP contribution in [0.5, 0.6) is 0 Å². The molecule has 2 aromatic heterocycles. The first-order valence-corrected chi connectivity index (χ1v) is 17.4. The average molecular weight is 769 g/mol. The zero-order valence-corrected chi connectivity index (χ0v) is 32.2. The van der Waals surface area contributed by atoms with Gasteiger partial charge in [0.2, 0.25) is 0 Å². The zero-order valence-electron chi connectivity index (χ0n) is 32.2. The summed E-state index contributed by atoms with van der Waals surface area (Å²) in [6, 6.07) is 7.21. The molecule has 4 rings (SSSR count). The summed E-state index contributed by atoms with van der Waals surface area (Å²) in [5.41, 5.74) is -2.42. The third-order valence-corrected chi connectivity index (χ3v) is 8.12. The molecule has 2 aliphatic rings. The Hall–Kier alpha value is -3.78. The van der Waals surface area contributed by atoms with Gasteiger partial charge in [0.05, 0.1) is 12.6 Å². The van der Waals surface area contributed by atoms with Crippen molar-refractivity contribution < 1.29 is 67.6 Å². The predicted octanol–water partition coefficient (Wildman–Crippen LogP) is 1.10. The number of hydrogen-bond acceptors (Lipinski definition) is 14. The van der Waals surface area contributed by atoms with Crippen molar-refractivity contribution in [2.75, 3.05) is 43.4 Å². The van der Waals surface area contributed by atoms with Crippen LogP contribution >= 0.6 is 0 Å². The van der Waals surface area contributed by atoms with E-state index >= 15 is 0 Å². The molecule has 2 saturated heterocycles. The Balaban J connectivity index is 0.00000101. The molecule has 4 N–H and O–H groups in total. The summed E-state index contributed by atoms with van der Waals surface area (Å²) >= 11 is 0. The molecule has 2 aliphatic heterocycles. The number of anilines is 2. The van der Waals surface area contributed by atoms with Crippen LogP contribution in [0, 0.1) is 0 Å². The Morgan fingerprint density at radius 2 is 1.11 bits per heavy atom. The fourth-order valence-electron chi connectivity index (χ4n) is 5.45. The van der Waals surface area contributed by atoms with Crippen LogP contribution in [-0.2, 0) is 36.9 Å². The number of nitrogens with zero attached hydrogens (tertiary/aromatic N) is 4. The van der Waals surface area contributed by atoms with E-state index in [2.05, 4.69) is 25.5 Å². The smallest absolute Gasteiger partial charge is 0.547 e. The maximum absolute atomic E-state index is 11.9. The van der Waals surface area contributed by atoms with Gasteiger partial charge in [-0.15, -0.1) is 0 Å². The Bertz CT molecular complexity index is 1530. The summed E-state index contributed by atoms with van der Waals surface area (Å²) < 4.78 is 15.4. The molecule has 0 bridgehead atoms. The van der Waals surface area contributed by atoms with E-state index in [4.69, 9.17) is 14.2 Å². The third-order valence-electron chi connectivity index (χ3n) is 8.12.